The SMILES string of the molecule is CCc1ccc(SC)c(Cl)c1. The molecule has 0 fully saturated rings. The summed E-state index contributed by atoms with van der Waals surface area (Å²) in [5, 5.41) is 0.872. The van der Waals surface area contributed by atoms with Crippen LogP contribution in [0.5, 0.6) is 0 Å². The predicted octanol–water partition coefficient (Wildman–Crippen LogP) is 3.62. The number of benzene rings is 1. The van der Waals surface area contributed by atoms with Crippen molar-refractivity contribution >= 4 is 23.4 Å². The smallest absolute Gasteiger partial charge is 0.0544 e. The fourth-order valence-electron chi connectivity index (χ4n) is 0.930. The van der Waals surface area contributed by atoms with E-state index in [4.69, 9.17) is 11.6 Å². The van der Waals surface area contributed by atoms with E-state index in [0.717, 1.165) is 16.3 Å². The van der Waals surface area contributed by atoms with Crippen LogP contribution in [0.15, 0.2) is 23.1 Å². The van der Waals surface area contributed by atoms with Gasteiger partial charge in [0.05, 0.1) is 5.02 Å². The molecule has 2 heteroatoms. The van der Waals surface area contributed by atoms with Crippen molar-refractivity contribution in [1.82, 2.24) is 0 Å². The van der Waals surface area contributed by atoms with Crippen molar-refractivity contribution in [2.45, 2.75) is 18.2 Å². The predicted molar refractivity (Wildman–Crippen MR) is 52.6 cm³/mol. The molecule has 0 aliphatic carbocycles. The molecule has 0 spiro atoms. The summed E-state index contributed by atoms with van der Waals surface area (Å²) >= 11 is 7.67. The summed E-state index contributed by atoms with van der Waals surface area (Å²) < 4.78 is 0. The van der Waals surface area contributed by atoms with Crippen LogP contribution in [0.2, 0.25) is 5.02 Å². The van der Waals surface area contributed by atoms with Gasteiger partial charge in [-0.05, 0) is 30.4 Å². The monoisotopic (exact) mass is 186 g/mol. The van der Waals surface area contributed by atoms with E-state index >= 15 is 0 Å². The van der Waals surface area contributed by atoms with Gasteiger partial charge in [0.1, 0.15) is 0 Å². The summed E-state index contributed by atoms with van der Waals surface area (Å²) in [5.41, 5.74) is 1.30. The lowest BCUT2D eigenvalue weighted by Gasteiger charge is -2.01. The first kappa shape index (κ1) is 8.95. The standard InChI is InChI=1S/C9H11ClS/c1-3-7-4-5-9(11-2)8(10)6-7/h4-6H,3H2,1-2H3. The average Bonchev–Trinajstić information content (AvgIpc) is 2.04. The van der Waals surface area contributed by atoms with Gasteiger partial charge in [-0.2, -0.15) is 0 Å². The molecule has 0 radical (unpaired) electrons. The zero-order valence-corrected chi connectivity index (χ0v) is 8.30. The number of aryl methyl sites for hydroxylation is 1. The van der Waals surface area contributed by atoms with Crippen molar-refractivity contribution in [3.8, 4) is 0 Å². The highest BCUT2D eigenvalue weighted by atomic mass is 35.5. The van der Waals surface area contributed by atoms with E-state index in [2.05, 4.69) is 19.1 Å². The lowest BCUT2D eigenvalue weighted by molar-refractivity contribution is 1.13. The van der Waals surface area contributed by atoms with Crippen molar-refractivity contribution in [3.05, 3.63) is 28.8 Å². The van der Waals surface area contributed by atoms with Crippen LogP contribution in [-0.2, 0) is 6.42 Å². The fourth-order valence-corrected chi connectivity index (χ4v) is 1.82. The topological polar surface area (TPSA) is 0 Å². The van der Waals surface area contributed by atoms with E-state index in [-0.39, 0.29) is 0 Å². The second-order valence-corrected chi connectivity index (χ2v) is 3.58. The molecule has 0 N–H and O–H groups in total. The molecule has 0 saturated carbocycles. The highest BCUT2D eigenvalue weighted by Gasteiger charge is 1.98. The molecule has 0 aromatic heterocycles. The summed E-state index contributed by atoms with van der Waals surface area (Å²) in [7, 11) is 0. The summed E-state index contributed by atoms with van der Waals surface area (Å²) in [6.07, 6.45) is 3.08. The Kier molecular flexibility index (Phi) is 3.28. The van der Waals surface area contributed by atoms with Crippen molar-refractivity contribution < 1.29 is 0 Å². The van der Waals surface area contributed by atoms with Gasteiger partial charge in [-0.3, -0.25) is 0 Å². The Balaban J connectivity index is 2.99. The van der Waals surface area contributed by atoms with E-state index in [0.29, 0.717) is 0 Å². The van der Waals surface area contributed by atoms with Crippen LogP contribution in [0.25, 0.3) is 0 Å². The quantitative estimate of drug-likeness (QED) is 0.636. The lowest BCUT2D eigenvalue weighted by atomic mass is 10.2. The Bertz CT molecular complexity index is 245. The molecule has 1 aromatic carbocycles. The molecule has 0 saturated heterocycles. The summed E-state index contributed by atoms with van der Waals surface area (Å²) in [6, 6.07) is 6.23. The van der Waals surface area contributed by atoms with Gasteiger partial charge in [-0.1, -0.05) is 24.6 Å². The Hall–Kier alpha value is -0.140. The molecule has 0 amide bonds. The van der Waals surface area contributed by atoms with Gasteiger partial charge in [0.25, 0.3) is 0 Å². The highest BCUT2D eigenvalue weighted by molar-refractivity contribution is 7.98. The van der Waals surface area contributed by atoms with Gasteiger partial charge >= 0.3 is 0 Å². The third-order valence-electron chi connectivity index (χ3n) is 1.62. The molecular formula is C9H11ClS. The maximum atomic E-state index is 5.99. The minimum Gasteiger partial charge on any atom is -0.128 e. The van der Waals surface area contributed by atoms with Crippen LogP contribution in [0.3, 0.4) is 0 Å². The molecule has 0 bridgehead atoms. The molecule has 0 atom stereocenters. The minimum absolute atomic E-state index is 0.872. The molecule has 0 nitrogen and oxygen atoms in total. The lowest BCUT2D eigenvalue weighted by Crippen LogP contribution is -1.80. The van der Waals surface area contributed by atoms with E-state index in [1.54, 1.807) is 11.8 Å². The van der Waals surface area contributed by atoms with Crippen LogP contribution >= 0.6 is 23.4 Å². The molecule has 1 rings (SSSR count). The van der Waals surface area contributed by atoms with Gasteiger partial charge in [0.2, 0.25) is 0 Å². The van der Waals surface area contributed by atoms with Crippen molar-refractivity contribution in [3.63, 3.8) is 0 Å². The van der Waals surface area contributed by atoms with Crippen LogP contribution in [-0.4, -0.2) is 6.26 Å². The van der Waals surface area contributed by atoms with Crippen molar-refractivity contribution in [2.75, 3.05) is 6.26 Å². The van der Waals surface area contributed by atoms with Crippen molar-refractivity contribution in [2.24, 2.45) is 0 Å². The molecule has 0 aliphatic rings. The molecule has 0 unspecified atom stereocenters. The molecule has 1 aromatic rings. The largest absolute Gasteiger partial charge is 0.128 e. The normalized spacial score (nSPS) is 10.1. The third kappa shape index (κ3) is 2.14. The van der Waals surface area contributed by atoms with Gasteiger partial charge in [-0.15, -0.1) is 11.8 Å². The first-order valence-electron chi connectivity index (χ1n) is 3.60. The van der Waals surface area contributed by atoms with E-state index in [9.17, 15) is 0 Å². The summed E-state index contributed by atoms with van der Waals surface area (Å²) in [4.78, 5) is 1.16. The van der Waals surface area contributed by atoms with Gasteiger partial charge in [-0.25, -0.2) is 0 Å². The Morgan fingerprint density at radius 2 is 2.18 bits per heavy atom. The van der Waals surface area contributed by atoms with Crippen LogP contribution < -0.4 is 0 Å². The van der Waals surface area contributed by atoms with E-state index in [1.165, 1.54) is 5.56 Å². The minimum atomic E-state index is 0.872. The third-order valence-corrected chi connectivity index (χ3v) is 2.85. The number of hydrogen-bond donors (Lipinski definition) is 0. The first-order valence-corrected chi connectivity index (χ1v) is 5.20. The second kappa shape index (κ2) is 4.03. The molecule has 60 valence electrons. The molecule has 0 heterocycles. The zero-order chi connectivity index (χ0) is 8.27. The Morgan fingerprint density at radius 3 is 2.64 bits per heavy atom. The van der Waals surface area contributed by atoms with E-state index < -0.39 is 0 Å². The maximum absolute atomic E-state index is 5.99. The summed E-state index contributed by atoms with van der Waals surface area (Å²) in [6.45, 7) is 2.13. The van der Waals surface area contributed by atoms with E-state index in [1.807, 2.05) is 12.3 Å². The molecule has 11 heavy (non-hydrogen) atoms. The van der Waals surface area contributed by atoms with Crippen LogP contribution in [0, 0.1) is 0 Å². The molecular weight excluding hydrogens is 176 g/mol. The van der Waals surface area contributed by atoms with Gasteiger partial charge < -0.3 is 0 Å². The summed E-state index contributed by atoms with van der Waals surface area (Å²) in [5.74, 6) is 0. The van der Waals surface area contributed by atoms with Crippen LogP contribution in [0.4, 0.5) is 0 Å². The Morgan fingerprint density at radius 1 is 1.45 bits per heavy atom. The fraction of sp³-hybridized carbons (Fsp3) is 0.333. The molecule has 0 aliphatic heterocycles. The second-order valence-electron chi connectivity index (χ2n) is 2.32. The van der Waals surface area contributed by atoms with Gasteiger partial charge in [0.15, 0.2) is 0 Å². The number of halogens is 1. The average molecular weight is 187 g/mol. The maximum Gasteiger partial charge on any atom is 0.0544 e. The Labute approximate surface area is 77.0 Å². The number of rotatable bonds is 2. The zero-order valence-electron chi connectivity index (χ0n) is 6.73. The first-order chi connectivity index (χ1) is 5.27. The highest BCUT2D eigenvalue weighted by Crippen LogP contribution is 2.25. The number of thioether (sulfide) groups is 1. The number of hydrogen-bond acceptors (Lipinski definition) is 1. The van der Waals surface area contributed by atoms with Crippen molar-refractivity contribution in [1.29, 1.82) is 0 Å². The van der Waals surface area contributed by atoms with Gasteiger partial charge in [0, 0.05) is 4.90 Å². The van der Waals surface area contributed by atoms with Crippen LogP contribution in [0.1, 0.15) is 12.5 Å².